The zero-order chi connectivity index (χ0) is 30.0. The van der Waals surface area contributed by atoms with Gasteiger partial charge in [-0.25, -0.2) is 4.79 Å². The minimum absolute atomic E-state index is 0.0109. The third-order valence-corrected chi connectivity index (χ3v) is 8.68. The second kappa shape index (κ2) is 11.9. The number of hydrogen-bond acceptors (Lipinski definition) is 7. The first-order valence-electron chi connectivity index (χ1n) is 14.1. The highest BCUT2D eigenvalue weighted by Crippen LogP contribution is 2.49. The van der Waals surface area contributed by atoms with Crippen LogP contribution in [0.2, 0.25) is 0 Å². The summed E-state index contributed by atoms with van der Waals surface area (Å²) in [5.74, 6) is -1.53. The van der Waals surface area contributed by atoms with Gasteiger partial charge in [0.2, 0.25) is 0 Å². The summed E-state index contributed by atoms with van der Waals surface area (Å²) < 4.78 is 17.0. The number of carboxylic acid groups (broad SMARTS) is 1. The molecule has 0 aromatic heterocycles. The van der Waals surface area contributed by atoms with Crippen LogP contribution in [0.1, 0.15) is 60.0 Å². The molecule has 0 bridgehead atoms. The number of esters is 1. The van der Waals surface area contributed by atoms with Crippen molar-refractivity contribution in [2.45, 2.75) is 56.7 Å². The number of aryl methyl sites for hydroxylation is 1. The van der Waals surface area contributed by atoms with Crippen LogP contribution in [-0.4, -0.2) is 53.2 Å². The minimum atomic E-state index is -1.57. The maximum Gasteiger partial charge on any atom is 0.339 e. The second-order valence-corrected chi connectivity index (χ2v) is 11.2. The average molecular weight is 573 g/mol. The number of carbonyl (C=O) groups excluding carboxylic acids is 1. The molecule has 2 aliphatic carbocycles. The van der Waals surface area contributed by atoms with E-state index in [1.165, 1.54) is 0 Å². The molecule has 0 amide bonds. The van der Waals surface area contributed by atoms with Crippen LogP contribution in [0.4, 0.5) is 0 Å². The number of aliphatic carboxylic acids is 1. The van der Waals surface area contributed by atoms with Crippen LogP contribution in [-0.2, 0) is 16.0 Å². The van der Waals surface area contributed by atoms with Crippen molar-refractivity contribution in [2.75, 3.05) is 14.2 Å². The van der Waals surface area contributed by atoms with E-state index in [9.17, 15) is 24.9 Å². The van der Waals surface area contributed by atoms with E-state index in [4.69, 9.17) is 14.2 Å². The van der Waals surface area contributed by atoms with Crippen molar-refractivity contribution in [1.29, 1.82) is 0 Å². The second-order valence-electron chi connectivity index (χ2n) is 11.2. The Morgan fingerprint density at radius 2 is 1.55 bits per heavy atom. The van der Waals surface area contributed by atoms with E-state index < -0.39 is 29.6 Å². The van der Waals surface area contributed by atoms with Gasteiger partial charge in [0.05, 0.1) is 32.3 Å². The molecule has 3 aromatic carbocycles. The number of fused-ring (bicyclic) bond motifs is 1. The van der Waals surface area contributed by atoms with Gasteiger partial charge in [-0.05, 0) is 77.8 Å². The standard InChI is InChI=1S/C34H36O8/c1-20(26-14-13-24-15-29(40-2)30(41-3)17-27(24)26)32(38)34(18-25(16-31(36)37)28(35)19-34)42-33(39)23-11-9-22(10-12-23)21-7-5-4-6-8-21/h4-12,15,17,25-26,28,35,38H,13-14,16,18-19H2,1-3H3,(H,36,37)/t25-,26?,28+,34+/m0/s1. The maximum atomic E-state index is 13.5. The van der Waals surface area contributed by atoms with Crippen molar-refractivity contribution in [1.82, 2.24) is 0 Å². The molecular weight excluding hydrogens is 536 g/mol. The van der Waals surface area contributed by atoms with Crippen molar-refractivity contribution in [3.63, 3.8) is 0 Å². The lowest BCUT2D eigenvalue weighted by atomic mass is 9.86. The fraction of sp³-hybridized carbons (Fsp3) is 0.353. The van der Waals surface area contributed by atoms with Crippen molar-refractivity contribution < 1.29 is 39.1 Å². The van der Waals surface area contributed by atoms with Gasteiger partial charge in [0.25, 0.3) is 0 Å². The van der Waals surface area contributed by atoms with Crippen LogP contribution in [0.25, 0.3) is 11.1 Å². The molecule has 0 radical (unpaired) electrons. The molecule has 2 aliphatic rings. The van der Waals surface area contributed by atoms with Crippen molar-refractivity contribution in [3.05, 3.63) is 94.8 Å². The molecule has 3 aromatic rings. The highest BCUT2D eigenvalue weighted by Gasteiger charge is 2.52. The van der Waals surface area contributed by atoms with Gasteiger partial charge in [0.1, 0.15) is 5.76 Å². The summed E-state index contributed by atoms with van der Waals surface area (Å²) in [4.78, 5) is 25.1. The Kier molecular flexibility index (Phi) is 8.27. The van der Waals surface area contributed by atoms with Crippen LogP contribution in [0, 0.1) is 5.92 Å². The van der Waals surface area contributed by atoms with E-state index in [1.54, 1.807) is 33.3 Å². The first kappa shape index (κ1) is 29.2. The molecule has 220 valence electrons. The Morgan fingerprint density at radius 1 is 0.905 bits per heavy atom. The van der Waals surface area contributed by atoms with Gasteiger partial charge in [-0.1, -0.05) is 42.5 Å². The van der Waals surface area contributed by atoms with E-state index >= 15 is 0 Å². The number of ether oxygens (including phenoxy) is 3. The maximum absolute atomic E-state index is 13.5. The topological polar surface area (TPSA) is 123 Å². The fourth-order valence-electron chi connectivity index (χ4n) is 6.48. The summed E-state index contributed by atoms with van der Waals surface area (Å²) in [6.07, 6.45) is -0.00801. The predicted molar refractivity (Wildman–Crippen MR) is 157 cm³/mol. The predicted octanol–water partition coefficient (Wildman–Crippen LogP) is 6.07. The molecular formula is C34H36O8. The molecule has 0 spiro atoms. The number of carboxylic acids is 1. The lowest BCUT2D eigenvalue weighted by Gasteiger charge is -2.31. The first-order valence-corrected chi connectivity index (χ1v) is 14.1. The summed E-state index contributed by atoms with van der Waals surface area (Å²) in [5, 5.41) is 32.2. The molecule has 8 heteroatoms. The number of benzene rings is 3. The molecule has 1 fully saturated rings. The summed E-state index contributed by atoms with van der Waals surface area (Å²) in [5.41, 5.74) is 3.32. The number of hydrogen-bond donors (Lipinski definition) is 3. The van der Waals surface area contributed by atoms with Crippen LogP contribution in [0.15, 0.2) is 78.1 Å². The molecule has 5 rings (SSSR count). The zero-order valence-electron chi connectivity index (χ0n) is 24.0. The number of methoxy groups -OCH3 is 2. The van der Waals surface area contributed by atoms with Crippen molar-refractivity contribution in [2.24, 2.45) is 5.92 Å². The quantitative estimate of drug-likeness (QED) is 0.209. The van der Waals surface area contributed by atoms with Crippen LogP contribution < -0.4 is 9.47 Å². The van der Waals surface area contributed by atoms with E-state index in [1.807, 2.05) is 54.6 Å². The molecule has 0 heterocycles. The highest BCUT2D eigenvalue weighted by molar-refractivity contribution is 5.90. The summed E-state index contributed by atoms with van der Waals surface area (Å²) in [6, 6.07) is 20.6. The zero-order valence-corrected chi connectivity index (χ0v) is 24.0. The van der Waals surface area contributed by atoms with E-state index in [2.05, 4.69) is 0 Å². The third kappa shape index (κ3) is 5.59. The number of aliphatic hydroxyl groups excluding tert-OH is 2. The monoisotopic (exact) mass is 572 g/mol. The minimum Gasteiger partial charge on any atom is -0.508 e. The van der Waals surface area contributed by atoms with Gasteiger partial charge in [0.15, 0.2) is 17.1 Å². The van der Waals surface area contributed by atoms with Gasteiger partial charge in [-0.15, -0.1) is 0 Å². The van der Waals surface area contributed by atoms with Gasteiger partial charge < -0.3 is 29.5 Å². The molecule has 1 saturated carbocycles. The summed E-state index contributed by atoms with van der Waals surface area (Å²) in [6.45, 7) is 1.80. The van der Waals surface area contributed by atoms with Gasteiger partial charge in [-0.2, -0.15) is 0 Å². The molecule has 0 aliphatic heterocycles. The fourth-order valence-corrected chi connectivity index (χ4v) is 6.48. The van der Waals surface area contributed by atoms with Gasteiger partial charge in [-0.3, -0.25) is 4.79 Å². The third-order valence-electron chi connectivity index (χ3n) is 8.68. The molecule has 8 nitrogen and oxygen atoms in total. The first-order chi connectivity index (χ1) is 20.2. The Hall–Kier alpha value is -4.30. The highest BCUT2D eigenvalue weighted by atomic mass is 16.6. The van der Waals surface area contributed by atoms with E-state index in [-0.39, 0.29) is 30.9 Å². The Morgan fingerprint density at radius 3 is 2.19 bits per heavy atom. The van der Waals surface area contributed by atoms with Gasteiger partial charge >= 0.3 is 11.9 Å². The molecule has 3 N–H and O–H groups in total. The molecule has 1 unspecified atom stereocenters. The summed E-state index contributed by atoms with van der Waals surface area (Å²) >= 11 is 0. The Balaban J connectivity index is 1.49. The molecule has 4 atom stereocenters. The number of aliphatic hydroxyl groups is 2. The number of carbonyl (C=O) groups is 2. The Labute approximate surface area is 245 Å². The summed E-state index contributed by atoms with van der Waals surface area (Å²) in [7, 11) is 3.15. The SMILES string of the molecule is COc1cc2c(cc1OC)C(C(C)=C(O)[C@@]1(OC(=O)c3ccc(-c4ccccc4)cc3)C[C@H](CC(=O)O)[C@H](O)C1)CC2. The molecule has 0 saturated heterocycles. The number of rotatable bonds is 9. The van der Waals surface area contributed by atoms with Crippen molar-refractivity contribution >= 4 is 11.9 Å². The van der Waals surface area contributed by atoms with Crippen LogP contribution in [0.5, 0.6) is 11.5 Å². The molecule has 42 heavy (non-hydrogen) atoms. The lowest BCUT2D eigenvalue weighted by Crippen LogP contribution is -2.37. The van der Waals surface area contributed by atoms with E-state index in [0.29, 0.717) is 29.1 Å². The lowest BCUT2D eigenvalue weighted by molar-refractivity contribution is -0.138. The normalized spacial score (nSPS) is 23.6. The van der Waals surface area contributed by atoms with Crippen LogP contribution >= 0.6 is 0 Å². The smallest absolute Gasteiger partial charge is 0.339 e. The van der Waals surface area contributed by atoms with Crippen molar-refractivity contribution in [3.8, 4) is 22.6 Å². The largest absolute Gasteiger partial charge is 0.508 e. The van der Waals surface area contributed by atoms with Gasteiger partial charge in [0, 0.05) is 18.8 Å². The average Bonchev–Trinajstić information content (AvgIpc) is 3.55. The number of allylic oxidation sites excluding steroid dienone is 1. The Bertz CT molecular complexity index is 1490. The van der Waals surface area contributed by atoms with Crippen LogP contribution in [0.3, 0.4) is 0 Å². The van der Waals surface area contributed by atoms with E-state index in [0.717, 1.165) is 28.7 Å².